The van der Waals surface area contributed by atoms with Crippen LogP contribution >= 0.6 is 0 Å². The van der Waals surface area contributed by atoms with E-state index in [0.29, 0.717) is 25.1 Å². The highest BCUT2D eigenvalue weighted by atomic mass is 16.3. The molecule has 2 aromatic carbocycles. The summed E-state index contributed by atoms with van der Waals surface area (Å²) in [7, 11) is 0. The van der Waals surface area contributed by atoms with Crippen molar-refractivity contribution in [3.8, 4) is 0 Å². The highest BCUT2D eigenvalue weighted by molar-refractivity contribution is 6.03. The van der Waals surface area contributed by atoms with Crippen LogP contribution in [0.25, 0.3) is 0 Å². The number of primary amides is 1. The quantitative estimate of drug-likeness (QED) is 0.657. The third-order valence-electron chi connectivity index (χ3n) is 6.43. The summed E-state index contributed by atoms with van der Waals surface area (Å²) >= 11 is 0. The fourth-order valence-corrected chi connectivity index (χ4v) is 4.63. The molecule has 0 bridgehead atoms. The molecule has 2 amide bonds. The normalized spacial score (nSPS) is 20.4. The van der Waals surface area contributed by atoms with Crippen LogP contribution in [0.2, 0.25) is 0 Å². The van der Waals surface area contributed by atoms with E-state index in [-0.39, 0.29) is 18.5 Å². The Morgan fingerprint density at radius 2 is 1.79 bits per heavy atom. The maximum absolute atomic E-state index is 13.5. The first kappa shape index (κ1) is 21.2. The van der Waals surface area contributed by atoms with E-state index in [0.717, 1.165) is 28.0 Å². The van der Waals surface area contributed by atoms with E-state index < -0.39 is 11.9 Å². The van der Waals surface area contributed by atoms with Gasteiger partial charge in [-0.25, -0.2) is 5.01 Å². The van der Waals surface area contributed by atoms with Gasteiger partial charge in [0, 0.05) is 13.0 Å². The van der Waals surface area contributed by atoms with Crippen LogP contribution in [0.1, 0.15) is 40.5 Å². The monoisotopic (exact) mass is 442 g/mol. The first-order valence-electron chi connectivity index (χ1n) is 11.1. The number of nitrogens with zero attached hydrogens (tertiary/aromatic N) is 3. The molecule has 2 aliphatic rings. The zero-order valence-electron chi connectivity index (χ0n) is 18.5. The molecule has 0 spiro atoms. The molecule has 168 valence electrons. The van der Waals surface area contributed by atoms with Crippen molar-refractivity contribution < 1.29 is 14.0 Å². The smallest absolute Gasteiger partial charge is 0.257 e. The molecule has 0 fully saturated rings. The van der Waals surface area contributed by atoms with Gasteiger partial charge >= 0.3 is 0 Å². The Kier molecular flexibility index (Phi) is 5.56. The Balaban J connectivity index is 1.42. The number of rotatable bonds is 5. The molecule has 5 rings (SSSR count). The Labute approximate surface area is 192 Å². The van der Waals surface area contributed by atoms with E-state index >= 15 is 0 Å². The van der Waals surface area contributed by atoms with Crippen molar-refractivity contribution in [3.05, 3.63) is 94.9 Å². The lowest BCUT2D eigenvalue weighted by molar-refractivity contribution is -0.136. The number of amides is 2. The number of fused-ring (bicyclic) bond motifs is 1. The molecule has 1 unspecified atom stereocenters. The molecule has 0 saturated heterocycles. The van der Waals surface area contributed by atoms with Crippen LogP contribution in [0.4, 0.5) is 0 Å². The Bertz CT molecular complexity index is 1200. The Hall–Kier alpha value is -3.71. The predicted octanol–water partition coefficient (Wildman–Crippen LogP) is 3.18. The van der Waals surface area contributed by atoms with Crippen molar-refractivity contribution in [3.63, 3.8) is 0 Å². The van der Waals surface area contributed by atoms with Crippen molar-refractivity contribution in [2.24, 2.45) is 10.8 Å². The second-order valence-corrected chi connectivity index (χ2v) is 8.68. The third-order valence-corrected chi connectivity index (χ3v) is 6.43. The van der Waals surface area contributed by atoms with Crippen LogP contribution in [0.3, 0.4) is 0 Å². The van der Waals surface area contributed by atoms with Gasteiger partial charge in [-0.15, -0.1) is 0 Å². The number of hydrogen-bond acceptors (Lipinski definition) is 5. The third kappa shape index (κ3) is 4.19. The standard InChI is InChI=1S/C26H26N4O3/c1-17-8-10-18(11-9-17)21-14-22(24-7-4-12-33-24)30(28-21)25(31)16-29-15-20-6-3-2-5-19(20)13-23(29)26(27)32/h2-12,22-23H,13-16H2,1H3,(H2,27,32)/t22?,23-/m0/s1. The molecule has 33 heavy (non-hydrogen) atoms. The molecule has 7 nitrogen and oxygen atoms in total. The molecule has 2 aliphatic heterocycles. The van der Waals surface area contributed by atoms with Gasteiger partial charge in [0.25, 0.3) is 5.91 Å². The van der Waals surface area contributed by atoms with Crippen molar-refractivity contribution in [2.75, 3.05) is 6.54 Å². The van der Waals surface area contributed by atoms with E-state index in [1.807, 2.05) is 72.5 Å². The number of carbonyl (C=O) groups is 2. The summed E-state index contributed by atoms with van der Waals surface area (Å²) < 4.78 is 5.64. The zero-order valence-corrected chi connectivity index (χ0v) is 18.5. The predicted molar refractivity (Wildman–Crippen MR) is 124 cm³/mol. The fourth-order valence-electron chi connectivity index (χ4n) is 4.63. The van der Waals surface area contributed by atoms with Crippen LogP contribution < -0.4 is 5.73 Å². The van der Waals surface area contributed by atoms with E-state index in [2.05, 4.69) is 0 Å². The Morgan fingerprint density at radius 3 is 2.48 bits per heavy atom. The van der Waals surface area contributed by atoms with Crippen LogP contribution in [0.15, 0.2) is 76.4 Å². The van der Waals surface area contributed by atoms with Crippen LogP contribution in [0, 0.1) is 6.92 Å². The summed E-state index contributed by atoms with van der Waals surface area (Å²) in [5.41, 5.74) is 10.9. The average molecular weight is 443 g/mol. The number of nitrogens with two attached hydrogens (primary N) is 1. The second kappa shape index (κ2) is 8.67. The average Bonchev–Trinajstić information content (AvgIpc) is 3.49. The zero-order chi connectivity index (χ0) is 22.9. The van der Waals surface area contributed by atoms with Gasteiger partial charge in [-0.1, -0.05) is 54.1 Å². The molecule has 3 aromatic rings. The van der Waals surface area contributed by atoms with Gasteiger partial charge in [-0.3, -0.25) is 14.5 Å². The molecule has 3 heterocycles. The molecular weight excluding hydrogens is 416 g/mol. The van der Waals surface area contributed by atoms with Gasteiger partial charge in [0.1, 0.15) is 11.8 Å². The molecule has 1 aromatic heterocycles. The maximum atomic E-state index is 13.5. The van der Waals surface area contributed by atoms with Crippen molar-refractivity contribution in [1.29, 1.82) is 0 Å². The molecule has 0 radical (unpaired) electrons. The summed E-state index contributed by atoms with van der Waals surface area (Å²) in [6, 6.07) is 18.9. The second-order valence-electron chi connectivity index (χ2n) is 8.68. The number of hydrogen-bond donors (Lipinski definition) is 1. The fraction of sp³-hybridized carbons (Fsp3) is 0.269. The summed E-state index contributed by atoms with van der Waals surface area (Å²) in [5, 5.41) is 6.21. The molecule has 2 N–H and O–H groups in total. The summed E-state index contributed by atoms with van der Waals surface area (Å²) in [4.78, 5) is 27.6. The minimum Gasteiger partial charge on any atom is -0.467 e. The van der Waals surface area contributed by atoms with E-state index in [1.54, 1.807) is 6.26 Å². The number of hydrazone groups is 1. The number of carbonyl (C=O) groups excluding carboxylic acids is 2. The lowest BCUT2D eigenvalue weighted by Crippen LogP contribution is -2.51. The molecule has 2 atom stereocenters. The van der Waals surface area contributed by atoms with E-state index in [4.69, 9.17) is 15.3 Å². The van der Waals surface area contributed by atoms with Crippen LogP contribution in [0.5, 0.6) is 0 Å². The van der Waals surface area contributed by atoms with Gasteiger partial charge in [-0.05, 0) is 42.2 Å². The van der Waals surface area contributed by atoms with Crippen molar-refractivity contribution in [2.45, 2.75) is 38.4 Å². The maximum Gasteiger partial charge on any atom is 0.257 e. The first-order valence-corrected chi connectivity index (χ1v) is 11.1. The highest BCUT2D eigenvalue weighted by Gasteiger charge is 2.38. The van der Waals surface area contributed by atoms with Crippen LogP contribution in [-0.4, -0.2) is 40.0 Å². The molecular formula is C26H26N4O3. The largest absolute Gasteiger partial charge is 0.467 e. The summed E-state index contributed by atoms with van der Waals surface area (Å²) in [5.74, 6) is 0.0685. The van der Waals surface area contributed by atoms with Gasteiger partial charge in [0.15, 0.2) is 0 Å². The molecule has 7 heteroatoms. The van der Waals surface area contributed by atoms with Crippen LogP contribution in [-0.2, 0) is 22.6 Å². The first-order chi connectivity index (χ1) is 16.0. The molecule has 0 saturated carbocycles. The Morgan fingerprint density at radius 1 is 1.03 bits per heavy atom. The highest BCUT2D eigenvalue weighted by Crippen LogP contribution is 2.34. The van der Waals surface area contributed by atoms with E-state index in [9.17, 15) is 9.59 Å². The lowest BCUT2D eigenvalue weighted by atomic mass is 9.93. The number of aryl methyl sites for hydroxylation is 1. The minimum atomic E-state index is -0.533. The number of benzene rings is 2. The summed E-state index contributed by atoms with van der Waals surface area (Å²) in [6.07, 6.45) is 2.66. The number of furan rings is 1. The van der Waals surface area contributed by atoms with Gasteiger partial charge in [0.2, 0.25) is 5.91 Å². The van der Waals surface area contributed by atoms with Gasteiger partial charge in [0.05, 0.1) is 24.6 Å². The van der Waals surface area contributed by atoms with Gasteiger partial charge < -0.3 is 10.2 Å². The topological polar surface area (TPSA) is 92.1 Å². The van der Waals surface area contributed by atoms with E-state index in [1.165, 1.54) is 5.01 Å². The van der Waals surface area contributed by atoms with Crippen molar-refractivity contribution in [1.82, 2.24) is 9.91 Å². The minimum absolute atomic E-state index is 0.0455. The summed E-state index contributed by atoms with van der Waals surface area (Å²) in [6.45, 7) is 2.57. The van der Waals surface area contributed by atoms with Gasteiger partial charge in [-0.2, -0.15) is 5.10 Å². The van der Waals surface area contributed by atoms with Crippen molar-refractivity contribution >= 4 is 17.5 Å². The SMILES string of the molecule is Cc1ccc(C2=NN(C(=O)CN3Cc4ccccc4C[C@H]3C(N)=O)C(c3ccco3)C2)cc1. The lowest BCUT2D eigenvalue weighted by Gasteiger charge is -2.35. The molecule has 0 aliphatic carbocycles.